The van der Waals surface area contributed by atoms with E-state index in [2.05, 4.69) is 26.6 Å². The Bertz CT molecular complexity index is 1280. The van der Waals surface area contributed by atoms with Crippen molar-refractivity contribution in [2.24, 2.45) is 0 Å². The molecule has 32 heavy (non-hydrogen) atoms. The van der Waals surface area contributed by atoms with Gasteiger partial charge in [-0.1, -0.05) is 51.3 Å². The normalized spacial score (nSPS) is 13.5. The molecule has 4 rings (SSSR count). The highest BCUT2D eigenvalue weighted by Crippen LogP contribution is 2.31. The lowest BCUT2D eigenvalue weighted by molar-refractivity contribution is -0.120. The molecular weight excluding hydrogens is 517 g/mol. The number of hydrogen-bond donors (Lipinski definition) is 2. The number of nitrogens with one attached hydrogen (secondary N) is 2. The second-order valence-corrected chi connectivity index (χ2v) is 8.51. The maximum absolute atomic E-state index is 12.9. The van der Waals surface area contributed by atoms with E-state index in [0.29, 0.717) is 27.6 Å². The average molecular weight is 531 g/mol. The monoisotopic (exact) mass is 529 g/mol. The second kappa shape index (κ2) is 9.16. The Kier molecular flexibility index (Phi) is 6.32. The van der Waals surface area contributed by atoms with Gasteiger partial charge < -0.3 is 10.6 Å². The van der Waals surface area contributed by atoms with Gasteiger partial charge in [0.1, 0.15) is 10.7 Å². The molecule has 0 unspecified atom stereocenters. The van der Waals surface area contributed by atoms with Gasteiger partial charge in [0.2, 0.25) is 0 Å². The molecule has 1 heterocycles. The third-order valence-electron chi connectivity index (χ3n) is 4.59. The fraction of sp³-hybridized carbons (Fsp3) is 0. The summed E-state index contributed by atoms with van der Waals surface area (Å²) in [5.74, 6) is -1.58. The summed E-state index contributed by atoms with van der Waals surface area (Å²) in [6.45, 7) is 0. The lowest BCUT2D eigenvalue weighted by Crippen LogP contribution is -2.32. The summed E-state index contributed by atoms with van der Waals surface area (Å²) in [6, 6.07) is 20.0. The van der Waals surface area contributed by atoms with Crippen LogP contribution in [0, 0.1) is 0 Å². The Hall–Kier alpha value is -3.13. The van der Waals surface area contributed by atoms with Gasteiger partial charge in [-0.3, -0.25) is 14.4 Å². The van der Waals surface area contributed by atoms with Gasteiger partial charge in [-0.2, -0.15) is 0 Å². The zero-order valence-corrected chi connectivity index (χ0v) is 19.3. The summed E-state index contributed by atoms with van der Waals surface area (Å²) < 4.78 is 0.811. The highest BCUT2D eigenvalue weighted by atomic mass is 79.9. The molecule has 0 aromatic heterocycles. The molecular formula is C23H14BrCl2N3O3. The topological polar surface area (TPSA) is 78.5 Å². The second-order valence-electron chi connectivity index (χ2n) is 6.78. The number of nitrogens with zero attached hydrogens (tertiary/aromatic N) is 1. The number of anilines is 3. The number of carbonyl (C=O) groups excluding carboxylic acids is 3. The van der Waals surface area contributed by atoms with E-state index in [9.17, 15) is 14.4 Å². The maximum atomic E-state index is 12.9. The Balaban J connectivity index is 1.54. The van der Waals surface area contributed by atoms with Gasteiger partial charge in [0.05, 0.1) is 5.69 Å². The first-order valence-electron chi connectivity index (χ1n) is 9.31. The van der Waals surface area contributed by atoms with E-state index < -0.39 is 11.8 Å². The minimum Gasteiger partial charge on any atom is -0.350 e. The van der Waals surface area contributed by atoms with Gasteiger partial charge >= 0.3 is 0 Å². The standard InChI is InChI=1S/C23H14BrCl2N3O3/c24-14-7-9-18(10-8-14)29-22(31)19(26)20(23(29)32)27-16-5-1-3-13(11-16)21(30)28-17-6-2-4-15(25)12-17/h1-12,27H,(H,28,30). The molecule has 3 amide bonds. The number of hydrogen-bond acceptors (Lipinski definition) is 4. The molecule has 3 aromatic rings. The summed E-state index contributed by atoms with van der Waals surface area (Å²) >= 11 is 15.4. The van der Waals surface area contributed by atoms with Gasteiger partial charge in [0.15, 0.2) is 0 Å². The minimum atomic E-state index is -0.628. The van der Waals surface area contributed by atoms with Crippen LogP contribution in [0.1, 0.15) is 10.4 Å². The lowest BCUT2D eigenvalue weighted by Gasteiger charge is -2.15. The predicted octanol–water partition coefficient (Wildman–Crippen LogP) is 5.79. The molecule has 0 bridgehead atoms. The third-order valence-corrected chi connectivity index (χ3v) is 5.70. The molecule has 0 aliphatic carbocycles. The van der Waals surface area contributed by atoms with Crippen molar-refractivity contribution >= 4 is 73.9 Å². The van der Waals surface area contributed by atoms with E-state index in [-0.39, 0.29) is 16.6 Å². The van der Waals surface area contributed by atoms with Crippen LogP contribution in [0.3, 0.4) is 0 Å². The van der Waals surface area contributed by atoms with E-state index in [4.69, 9.17) is 23.2 Å². The molecule has 0 spiro atoms. The van der Waals surface area contributed by atoms with E-state index in [0.717, 1.165) is 9.37 Å². The summed E-state index contributed by atoms with van der Waals surface area (Å²) in [6.07, 6.45) is 0. The Morgan fingerprint density at radius 2 is 1.53 bits per heavy atom. The Labute approximate surface area is 201 Å². The molecule has 9 heteroatoms. The van der Waals surface area contributed by atoms with Crippen LogP contribution in [0.15, 0.2) is 88.0 Å². The maximum Gasteiger partial charge on any atom is 0.283 e. The van der Waals surface area contributed by atoms with Gasteiger partial charge in [-0.25, -0.2) is 4.90 Å². The van der Waals surface area contributed by atoms with Crippen LogP contribution in [0.25, 0.3) is 0 Å². The van der Waals surface area contributed by atoms with Crippen molar-refractivity contribution in [2.75, 3.05) is 15.5 Å². The van der Waals surface area contributed by atoms with Crippen LogP contribution in [-0.4, -0.2) is 17.7 Å². The molecule has 1 aliphatic heterocycles. The number of imide groups is 1. The van der Waals surface area contributed by atoms with Crippen LogP contribution < -0.4 is 15.5 Å². The molecule has 0 saturated heterocycles. The van der Waals surface area contributed by atoms with Crippen molar-refractivity contribution < 1.29 is 14.4 Å². The van der Waals surface area contributed by atoms with Crippen molar-refractivity contribution in [1.82, 2.24) is 0 Å². The van der Waals surface area contributed by atoms with E-state index >= 15 is 0 Å². The quantitative estimate of drug-likeness (QED) is 0.409. The zero-order valence-electron chi connectivity index (χ0n) is 16.2. The summed E-state index contributed by atoms with van der Waals surface area (Å²) in [5, 5.41) is 5.90. The van der Waals surface area contributed by atoms with Crippen molar-refractivity contribution in [3.05, 3.63) is 98.6 Å². The average Bonchev–Trinajstić information content (AvgIpc) is 2.98. The van der Waals surface area contributed by atoms with Crippen molar-refractivity contribution in [3.8, 4) is 0 Å². The fourth-order valence-electron chi connectivity index (χ4n) is 3.09. The first kappa shape index (κ1) is 22.1. The molecule has 2 N–H and O–H groups in total. The Morgan fingerprint density at radius 1 is 0.844 bits per heavy atom. The first-order valence-corrected chi connectivity index (χ1v) is 10.9. The van der Waals surface area contributed by atoms with Gasteiger partial charge in [0, 0.05) is 26.4 Å². The number of amides is 3. The van der Waals surface area contributed by atoms with Crippen LogP contribution in [0.5, 0.6) is 0 Å². The molecule has 0 saturated carbocycles. The van der Waals surface area contributed by atoms with Crippen molar-refractivity contribution in [2.45, 2.75) is 0 Å². The number of benzene rings is 3. The van der Waals surface area contributed by atoms with Gasteiger partial charge in [-0.05, 0) is 60.7 Å². The van der Waals surface area contributed by atoms with Crippen molar-refractivity contribution in [1.29, 1.82) is 0 Å². The first-order chi connectivity index (χ1) is 15.3. The fourth-order valence-corrected chi connectivity index (χ4v) is 3.76. The van der Waals surface area contributed by atoms with E-state index in [1.165, 1.54) is 0 Å². The summed E-state index contributed by atoms with van der Waals surface area (Å²) in [7, 11) is 0. The minimum absolute atomic E-state index is 0.0630. The van der Waals surface area contributed by atoms with Crippen LogP contribution >= 0.6 is 39.1 Å². The molecule has 0 fully saturated rings. The van der Waals surface area contributed by atoms with Crippen LogP contribution in [0.2, 0.25) is 5.02 Å². The Morgan fingerprint density at radius 3 is 2.25 bits per heavy atom. The number of carbonyl (C=O) groups is 3. The van der Waals surface area contributed by atoms with Crippen molar-refractivity contribution in [3.63, 3.8) is 0 Å². The smallest absolute Gasteiger partial charge is 0.283 e. The van der Waals surface area contributed by atoms with Gasteiger partial charge in [-0.15, -0.1) is 0 Å². The van der Waals surface area contributed by atoms with E-state index in [1.54, 1.807) is 72.8 Å². The molecule has 1 aliphatic rings. The van der Waals surface area contributed by atoms with Crippen LogP contribution in [-0.2, 0) is 9.59 Å². The molecule has 160 valence electrons. The van der Waals surface area contributed by atoms with E-state index in [1.807, 2.05) is 0 Å². The van der Waals surface area contributed by atoms with Crippen LogP contribution in [0.4, 0.5) is 17.1 Å². The molecule has 3 aromatic carbocycles. The molecule has 0 radical (unpaired) electrons. The summed E-state index contributed by atoms with van der Waals surface area (Å²) in [4.78, 5) is 39.1. The number of halogens is 3. The number of rotatable bonds is 5. The highest BCUT2D eigenvalue weighted by Gasteiger charge is 2.38. The summed E-state index contributed by atoms with van der Waals surface area (Å²) in [5.41, 5.74) is 1.65. The molecule has 0 atom stereocenters. The predicted molar refractivity (Wildman–Crippen MR) is 129 cm³/mol. The highest BCUT2D eigenvalue weighted by molar-refractivity contribution is 9.10. The third kappa shape index (κ3) is 4.55. The largest absolute Gasteiger partial charge is 0.350 e. The molecule has 6 nitrogen and oxygen atoms in total. The zero-order chi connectivity index (χ0) is 22.8. The lowest BCUT2D eigenvalue weighted by atomic mass is 10.1. The van der Waals surface area contributed by atoms with Gasteiger partial charge in [0.25, 0.3) is 17.7 Å². The SMILES string of the molecule is O=C(Nc1cccc(Cl)c1)c1cccc(NC2=C(Cl)C(=O)N(c3ccc(Br)cc3)C2=O)c1.